The third-order valence-electron chi connectivity index (χ3n) is 3.61. The van der Waals surface area contributed by atoms with Crippen LogP contribution in [-0.2, 0) is 4.79 Å². The van der Waals surface area contributed by atoms with Crippen LogP contribution in [0.4, 0.5) is 15.8 Å². The summed E-state index contributed by atoms with van der Waals surface area (Å²) in [5.41, 5.74) is 0.113. The van der Waals surface area contributed by atoms with Crippen LogP contribution in [0.5, 0.6) is 0 Å². The molecule has 0 spiro atoms. The predicted molar refractivity (Wildman–Crippen MR) is 76.7 cm³/mol. The van der Waals surface area contributed by atoms with Crippen molar-refractivity contribution >= 4 is 17.3 Å². The molecule has 1 aliphatic heterocycles. The molecule has 2 rings (SSSR count). The van der Waals surface area contributed by atoms with E-state index in [0.717, 1.165) is 38.4 Å². The maximum atomic E-state index is 13.4. The smallest absolute Gasteiger partial charge is 0.295 e. The quantitative estimate of drug-likeness (QED) is 0.684. The summed E-state index contributed by atoms with van der Waals surface area (Å²) in [5, 5.41) is 13.7. The average molecular weight is 295 g/mol. The lowest BCUT2D eigenvalue weighted by molar-refractivity contribution is -0.384. The normalized spacial score (nSPS) is 14.9. The highest BCUT2D eigenvalue weighted by atomic mass is 19.1. The molecule has 1 fully saturated rings. The molecule has 6 nitrogen and oxygen atoms in total. The largest absolute Gasteiger partial charge is 0.371 e. The van der Waals surface area contributed by atoms with Gasteiger partial charge in [0.15, 0.2) is 0 Å². The lowest BCUT2D eigenvalue weighted by atomic mass is 10.1. The molecule has 0 aliphatic carbocycles. The molecule has 0 bridgehead atoms. The summed E-state index contributed by atoms with van der Waals surface area (Å²) in [7, 11) is 0. The van der Waals surface area contributed by atoms with Gasteiger partial charge in [0.05, 0.1) is 17.5 Å². The van der Waals surface area contributed by atoms with Crippen molar-refractivity contribution in [2.75, 3.05) is 25.0 Å². The zero-order valence-electron chi connectivity index (χ0n) is 11.9. The number of hydrogen-bond donors (Lipinski definition) is 1. The Bertz CT molecular complexity index is 557. The fourth-order valence-corrected chi connectivity index (χ4v) is 2.39. The van der Waals surface area contributed by atoms with Crippen LogP contribution >= 0.6 is 0 Å². The summed E-state index contributed by atoms with van der Waals surface area (Å²) < 4.78 is 13.4. The van der Waals surface area contributed by atoms with Crippen molar-refractivity contribution in [1.82, 2.24) is 4.90 Å². The Hall–Kier alpha value is -2.18. The molecule has 1 N–H and O–H groups in total. The molecule has 1 amide bonds. The van der Waals surface area contributed by atoms with E-state index in [1.165, 1.54) is 13.0 Å². The fourth-order valence-electron chi connectivity index (χ4n) is 2.39. The van der Waals surface area contributed by atoms with Crippen LogP contribution in [0.15, 0.2) is 12.1 Å². The number of nitro groups is 1. The van der Waals surface area contributed by atoms with Gasteiger partial charge in [0.25, 0.3) is 5.69 Å². The van der Waals surface area contributed by atoms with Gasteiger partial charge in [-0.1, -0.05) is 0 Å². The first-order chi connectivity index (χ1) is 9.99. The van der Waals surface area contributed by atoms with Gasteiger partial charge < -0.3 is 10.2 Å². The molecule has 21 heavy (non-hydrogen) atoms. The van der Waals surface area contributed by atoms with E-state index in [2.05, 4.69) is 5.32 Å². The minimum Gasteiger partial charge on any atom is -0.371 e. The van der Waals surface area contributed by atoms with Crippen molar-refractivity contribution in [2.24, 2.45) is 0 Å². The number of piperidine rings is 1. The van der Waals surface area contributed by atoms with E-state index in [1.807, 2.05) is 0 Å². The number of halogens is 1. The van der Waals surface area contributed by atoms with Gasteiger partial charge in [0, 0.05) is 13.1 Å². The van der Waals surface area contributed by atoms with Crippen molar-refractivity contribution in [1.29, 1.82) is 0 Å². The first kappa shape index (κ1) is 15.2. The fraction of sp³-hybridized carbons (Fsp3) is 0.500. The number of benzene rings is 1. The highest BCUT2D eigenvalue weighted by molar-refractivity contribution is 5.82. The SMILES string of the molecule is Cc1cc(NCC(=O)N2CCCCC2)c([N+](=O)[O-])cc1F. The molecular weight excluding hydrogens is 277 g/mol. The molecule has 0 unspecified atom stereocenters. The zero-order valence-corrected chi connectivity index (χ0v) is 11.9. The molecule has 1 saturated heterocycles. The van der Waals surface area contributed by atoms with Crippen LogP contribution in [0.3, 0.4) is 0 Å². The monoisotopic (exact) mass is 295 g/mol. The molecule has 0 saturated carbocycles. The van der Waals surface area contributed by atoms with Gasteiger partial charge in [-0.25, -0.2) is 4.39 Å². The van der Waals surface area contributed by atoms with E-state index < -0.39 is 10.7 Å². The number of aryl methyl sites for hydroxylation is 1. The molecule has 0 atom stereocenters. The average Bonchev–Trinajstić information content (AvgIpc) is 2.48. The van der Waals surface area contributed by atoms with Crippen molar-refractivity contribution < 1.29 is 14.1 Å². The molecule has 0 aromatic heterocycles. The first-order valence-electron chi connectivity index (χ1n) is 6.95. The second-order valence-corrected chi connectivity index (χ2v) is 5.17. The van der Waals surface area contributed by atoms with E-state index in [9.17, 15) is 19.3 Å². The lowest BCUT2D eigenvalue weighted by Crippen LogP contribution is -2.39. The molecule has 1 aromatic carbocycles. The Balaban J connectivity index is 2.06. The summed E-state index contributed by atoms with van der Waals surface area (Å²) in [4.78, 5) is 24.1. The molecule has 0 radical (unpaired) electrons. The number of nitro benzene ring substituents is 1. The van der Waals surface area contributed by atoms with Gasteiger partial charge in [0.1, 0.15) is 11.5 Å². The minimum atomic E-state index is -0.657. The van der Waals surface area contributed by atoms with Crippen LogP contribution in [0, 0.1) is 22.9 Å². The first-order valence-corrected chi connectivity index (χ1v) is 6.95. The standard InChI is InChI=1S/C14H18FN3O3/c1-10-7-12(13(18(20)21)8-11(10)15)16-9-14(19)17-5-3-2-4-6-17/h7-8,16H,2-6,9H2,1H3. The number of rotatable bonds is 4. The zero-order chi connectivity index (χ0) is 15.4. The van der Waals surface area contributed by atoms with Crippen LogP contribution in [0.25, 0.3) is 0 Å². The topological polar surface area (TPSA) is 75.5 Å². The molecule has 1 aliphatic rings. The van der Waals surface area contributed by atoms with Crippen LogP contribution in [0.2, 0.25) is 0 Å². The van der Waals surface area contributed by atoms with E-state index in [1.54, 1.807) is 4.90 Å². The number of anilines is 1. The Morgan fingerprint density at radius 2 is 2.05 bits per heavy atom. The van der Waals surface area contributed by atoms with E-state index >= 15 is 0 Å². The number of nitrogens with one attached hydrogen (secondary N) is 1. The molecular formula is C14H18FN3O3. The van der Waals surface area contributed by atoms with Crippen molar-refractivity contribution in [3.05, 3.63) is 33.6 Å². The Labute approximate surface area is 122 Å². The number of carbonyl (C=O) groups is 1. The van der Waals surface area contributed by atoms with Crippen LogP contribution < -0.4 is 5.32 Å². The summed E-state index contributed by atoms with van der Waals surface area (Å²) in [5.74, 6) is -0.722. The predicted octanol–water partition coefficient (Wildman–Crippen LogP) is 2.47. The summed E-state index contributed by atoms with van der Waals surface area (Å²) in [6, 6.07) is 2.24. The third-order valence-corrected chi connectivity index (χ3v) is 3.61. The van der Waals surface area contributed by atoms with Crippen LogP contribution in [0.1, 0.15) is 24.8 Å². The highest BCUT2D eigenvalue weighted by Gasteiger charge is 2.20. The van der Waals surface area contributed by atoms with Gasteiger partial charge in [-0.2, -0.15) is 0 Å². The number of carbonyl (C=O) groups excluding carboxylic acids is 1. The maximum absolute atomic E-state index is 13.4. The van der Waals surface area contributed by atoms with Crippen LogP contribution in [-0.4, -0.2) is 35.4 Å². The number of likely N-dealkylation sites (tertiary alicyclic amines) is 1. The van der Waals surface area contributed by atoms with Crippen molar-refractivity contribution in [2.45, 2.75) is 26.2 Å². The molecule has 114 valence electrons. The number of amides is 1. The van der Waals surface area contributed by atoms with Crippen molar-refractivity contribution in [3.63, 3.8) is 0 Å². The minimum absolute atomic E-state index is 0.0219. The lowest BCUT2D eigenvalue weighted by Gasteiger charge is -2.26. The summed E-state index contributed by atoms with van der Waals surface area (Å²) in [6.07, 6.45) is 3.10. The molecule has 1 heterocycles. The van der Waals surface area contributed by atoms with Gasteiger partial charge in [-0.15, -0.1) is 0 Å². The van der Waals surface area contributed by atoms with Gasteiger partial charge >= 0.3 is 0 Å². The van der Waals surface area contributed by atoms with E-state index in [4.69, 9.17) is 0 Å². The summed E-state index contributed by atoms with van der Waals surface area (Å²) >= 11 is 0. The van der Waals surface area contributed by atoms with E-state index in [0.29, 0.717) is 5.56 Å². The van der Waals surface area contributed by atoms with Crippen molar-refractivity contribution in [3.8, 4) is 0 Å². The highest BCUT2D eigenvalue weighted by Crippen LogP contribution is 2.27. The van der Waals surface area contributed by atoms with Gasteiger partial charge in [0.2, 0.25) is 5.91 Å². The second kappa shape index (κ2) is 6.51. The summed E-state index contributed by atoms with van der Waals surface area (Å²) in [6.45, 7) is 2.96. The second-order valence-electron chi connectivity index (χ2n) is 5.17. The maximum Gasteiger partial charge on any atom is 0.295 e. The Kier molecular flexibility index (Phi) is 4.72. The van der Waals surface area contributed by atoms with E-state index in [-0.39, 0.29) is 23.8 Å². The third kappa shape index (κ3) is 3.68. The van der Waals surface area contributed by atoms with Gasteiger partial charge in [-0.3, -0.25) is 14.9 Å². The number of nitrogens with zero attached hydrogens (tertiary/aromatic N) is 2. The van der Waals surface area contributed by atoms with Gasteiger partial charge in [-0.05, 0) is 37.8 Å². The Morgan fingerprint density at radius 1 is 1.38 bits per heavy atom. The number of hydrogen-bond acceptors (Lipinski definition) is 4. The molecule has 7 heteroatoms. The Morgan fingerprint density at radius 3 is 2.67 bits per heavy atom. The molecule has 1 aromatic rings.